The number of hydrogen-bond donors (Lipinski definition) is 0. The Morgan fingerprint density at radius 2 is 0.762 bits per heavy atom. The molecule has 1 nitrogen and oxygen atoms in total. The first-order valence-electron chi connectivity index (χ1n) is 4.16. The molecule has 0 fully saturated rings. The van der Waals surface area contributed by atoms with E-state index in [0.717, 1.165) is 0 Å². The molecule has 0 N–H and O–H groups in total. The number of halogens is 14. The lowest BCUT2D eigenvalue weighted by Gasteiger charge is -2.41. The van der Waals surface area contributed by atoms with E-state index >= 15 is 0 Å². The van der Waals surface area contributed by atoms with Crippen molar-refractivity contribution in [3.63, 3.8) is 0 Å². The first-order valence-corrected chi connectivity index (χ1v) is 4.16. The van der Waals surface area contributed by atoms with Crippen molar-refractivity contribution in [1.82, 2.24) is 4.90 Å². The summed E-state index contributed by atoms with van der Waals surface area (Å²) in [6.07, 6.45) is -20.5. The van der Waals surface area contributed by atoms with Crippen molar-refractivity contribution in [2.45, 2.75) is 36.9 Å². The third-order valence-corrected chi connectivity index (χ3v) is 1.80. The van der Waals surface area contributed by atoms with Gasteiger partial charge in [0.25, 0.3) is 0 Å². The Balaban J connectivity index is 6.34. The minimum atomic E-state index is -7.61. The molecule has 0 bridgehead atoms. The quantitative estimate of drug-likeness (QED) is 0.533. The lowest BCUT2D eigenvalue weighted by atomic mass is 10.3. The van der Waals surface area contributed by atoms with Crippen LogP contribution in [0.15, 0.2) is 0 Å². The van der Waals surface area contributed by atoms with Crippen molar-refractivity contribution < 1.29 is 61.5 Å². The van der Waals surface area contributed by atoms with Crippen molar-refractivity contribution in [2.75, 3.05) is 0 Å². The van der Waals surface area contributed by atoms with Crippen LogP contribution in [0.4, 0.5) is 61.5 Å². The van der Waals surface area contributed by atoms with E-state index in [1.54, 1.807) is 0 Å². The summed E-state index contributed by atoms with van der Waals surface area (Å²) < 4.78 is 169. The van der Waals surface area contributed by atoms with E-state index in [1.807, 2.05) is 0 Å². The molecule has 0 saturated heterocycles. The highest BCUT2D eigenvalue weighted by atomic mass is 19.4. The lowest BCUT2D eigenvalue weighted by molar-refractivity contribution is -0.486. The molecule has 0 rings (SSSR count). The predicted molar refractivity (Wildman–Crippen MR) is 34.8 cm³/mol. The fourth-order valence-electron chi connectivity index (χ4n) is 0.902. The van der Waals surface area contributed by atoms with Gasteiger partial charge in [-0.2, -0.15) is 52.7 Å². The van der Waals surface area contributed by atoms with Gasteiger partial charge in [0, 0.05) is 0 Å². The maximum atomic E-state index is 12.5. The number of nitrogens with zero attached hydrogens (tertiary/aromatic N) is 1. The molecule has 0 atom stereocenters. The number of hydrogen-bond acceptors (Lipinski definition) is 1. The van der Waals surface area contributed by atoms with Gasteiger partial charge in [-0.25, -0.2) is 8.78 Å². The van der Waals surface area contributed by atoms with Crippen LogP contribution < -0.4 is 0 Å². The molecular formula is C6HF14N. The summed E-state index contributed by atoms with van der Waals surface area (Å²) >= 11 is 0. The van der Waals surface area contributed by atoms with Gasteiger partial charge in [-0.3, -0.25) is 0 Å². The van der Waals surface area contributed by atoms with Crippen LogP contribution in [0.5, 0.6) is 0 Å². The van der Waals surface area contributed by atoms with E-state index in [9.17, 15) is 61.5 Å². The molecular weight excluding hydrogens is 352 g/mol. The molecule has 0 spiro atoms. The zero-order valence-corrected chi connectivity index (χ0v) is 8.82. The summed E-state index contributed by atoms with van der Waals surface area (Å²) in [7, 11) is 0. The van der Waals surface area contributed by atoms with Crippen molar-refractivity contribution in [3.8, 4) is 0 Å². The van der Waals surface area contributed by atoms with Crippen LogP contribution in [-0.4, -0.2) is 41.8 Å². The van der Waals surface area contributed by atoms with Crippen LogP contribution >= 0.6 is 0 Å². The largest absolute Gasteiger partial charge is 0.469 e. The van der Waals surface area contributed by atoms with E-state index in [-0.39, 0.29) is 0 Å². The summed E-state index contributed by atoms with van der Waals surface area (Å²) in [6.45, 7) is 0. The molecule has 0 aromatic carbocycles. The highest BCUT2D eigenvalue weighted by molar-refractivity contribution is 4.92. The molecule has 21 heavy (non-hydrogen) atoms. The zero-order valence-electron chi connectivity index (χ0n) is 8.82. The summed E-state index contributed by atoms with van der Waals surface area (Å²) in [4.78, 5) is -4.20. The van der Waals surface area contributed by atoms with Crippen LogP contribution in [0.25, 0.3) is 0 Å². The van der Waals surface area contributed by atoms with Gasteiger partial charge in [0.05, 0.1) is 0 Å². The zero-order chi connectivity index (χ0) is 17.7. The van der Waals surface area contributed by atoms with Crippen molar-refractivity contribution in [2.24, 2.45) is 0 Å². The molecule has 0 radical (unpaired) electrons. The second kappa shape index (κ2) is 5.01. The van der Waals surface area contributed by atoms with Crippen LogP contribution in [0.3, 0.4) is 0 Å². The second-order valence-electron chi connectivity index (χ2n) is 3.30. The van der Waals surface area contributed by atoms with Gasteiger partial charge in [-0.1, -0.05) is 4.90 Å². The minimum absolute atomic E-state index is 4.20. The second-order valence-corrected chi connectivity index (χ2v) is 3.30. The first kappa shape index (κ1) is 20.0. The molecule has 0 aliphatic heterocycles. The number of rotatable bonds is 4. The van der Waals surface area contributed by atoms with Crippen LogP contribution in [0, 0.1) is 0 Å². The Kier molecular flexibility index (Phi) is 4.77. The SMILES string of the molecule is FC(F)C(F)(F)N(C(F)(F)C(F)(F)F)C(F)(F)C(F)(F)F. The standard InChI is InChI=1S/C6HF14N/c7-1(8)2(9,10)21(5(17,18)3(11,12)13)6(19,20)4(14,15)16/h1H. The van der Waals surface area contributed by atoms with Crippen LogP contribution in [0.2, 0.25) is 0 Å². The molecule has 0 saturated carbocycles. The van der Waals surface area contributed by atoms with Gasteiger partial charge in [0.1, 0.15) is 0 Å². The summed E-state index contributed by atoms with van der Waals surface area (Å²) in [5.41, 5.74) is 0. The van der Waals surface area contributed by atoms with Crippen molar-refractivity contribution in [1.29, 1.82) is 0 Å². The fourth-order valence-corrected chi connectivity index (χ4v) is 0.902. The number of alkyl halides is 14. The smallest absolute Gasteiger partial charge is 0.202 e. The average Bonchev–Trinajstić information content (AvgIpc) is 2.11. The summed E-state index contributed by atoms with van der Waals surface area (Å²) in [6, 6.07) is -22.4. The Morgan fingerprint density at radius 1 is 0.524 bits per heavy atom. The highest BCUT2D eigenvalue weighted by Gasteiger charge is 2.81. The molecule has 0 aromatic rings. The van der Waals surface area contributed by atoms with E-state index in [1.165, 1.54) is 0 Å². The van der Waals surface area contributed by atoms with Gasteiger partial charge in [0.15, 0.2) is 0 Å². The van der Waals surface area contributed by atoms with Crippen LogP contribution in [0.1, 0.15) is 0 Å². The van der Waals surface area contributed by atoms with Gasteiger partial charge < -0.3 is 0 Å². The maximum absolute atomic E-state index is 12.5. The average molecular weight is 353 g/mol. The van der Waals surface area contributed by atoms with Gasteiger partial charge >= 0.3 is 36.9 Å². The maximum Gasteiger partial charge on any atom is 0.469 e. The normalized spacial score (nSPS) is 16.0. The van der Waals surface area contributed by atoms with E-state index in [2.05, 4.69) is 0 Å². The summed E-state index contributed by atoms with van der Waals surface area (Å²) in [5, 5.41) is 0. The van der Waals surface area contributed by atoms with Crippen molar-refractivity contribution >= 4 is 0 Å². The molecule has 128 valence electrons. The Labute approximate surface area is 105 Å². The molecule has 0 aromatic heterocycles. The fraction of sp³-hybridized carbons (Fsp3) is 1.00. The first-order chi connectivity index (χ1) is 8.81. The van der Waals surface area contributed by atoms with E-state index < -0.39 is 41.8 Å². The molecule has 0 amide bonds. The Morgan fingerprint density at radius 3 is 0.905 bits per heavy atom. The molecule has 0 unspecified atom stereocenters. The monoisotopic (exact) mass is 353 g/mol. The molecule has 0 aliphatic carbocycles. The predicted octanol–water partition coefficient (Wildman–Crippen LogP) is 4.46. The molecule has 0 aliphatic rings. The third-order valence-electron chi connectivity index (χ3n) is 1.80. The third kappa shape index (κ3) is 3.26. The minimum Gasteiger partial charge on any atom is -0.202 e. The van der Waals surface area contributed by atoms with Crippen molar-refractivity contribution in [3.05, 3.63) is 0 Å². The Hall–Kier alpha value is -1.02. The summed E-state index contributed by atoms with van der Waals surface area (Å²) in [5.74, 6) is 0. The van der Waals surface area contributed by atoms with Gasteiger partial charge in [-0.05, 0) is 0 Å². The Bertz CT molecular complexity index is 337. The van der Waals surface area contributed by atoms with E-state index in [0.29, 0.717) is 0 Å². The van der Waals surface area contributed by atoms with Crippen LogP contribution in [-0.2, 0) is 0 Å². The van der Waals surface area contributed by atoms with Gasteiger partial charge in [0.2, 0.25) is 0 Å². The topological polar surface area (TPSA) is 3.24 Å². The van der Waals surface area contributed by atoms with Gasteiger partial charge in [-0.15, -0.1) is 0 Å². The molecule has 0 heterocycles. The molecule has 15 heteroatoms. The highest BCUT2D eigenvalue weighted by Crippen LogP contribution is 2.53. The van der Waals surface area contributed by atoms with E-state index in [4.69, 9.17) is 0 Å². The lowest BCUT2D eigenvalue weighted by Crippen LogP contribution is -2.71.